The largest absolute Gasteiger partial charge is 0.455 e. The Balaban J connectivity index is 3.18. The summed E-state index contributed by atoms with van der Waals surface area (Å²) in [5.74, 6) is -10.9. The van der Waals surface area contributed by atoms with Crippen molar-refractivity contribution < 1.29 is 36.2 Å². The quantitative estimate of drug-likeness (QED) is 0.743. The third-order valence-electron chi connectivity index (χ3n) is 3.35. The van der Waals surface area contributed by atoms with Crippen LogP contribution in [-0.2, 0) is 5.92 Å². The zero-order valence-electron chi connectivity index (χ0n) is 13.5. The van der Waals surface area contributed by atoms with E-state index >= 15 is 0 Å². The summed E-state index contributed by atoms with van der Waals surface area (Å²) in [5.41, 5.74) is -1.23. The molecule has 0 radical (unpaired) electrons. The fraction of sp³-hybridized carbons (Fsp3) is 0.533. The van der Waals surface area contributed by atoms with Crippen LogP contribution >= 0.6 is 0 Å². The highest BCUT2D eigenvalue weighted by atomic mass is 19.4. The minimum atomic E-state index is -6.18. The van der Waals surface area contributed by atoms with E-state index in [2.05, 4.69) is 5.32 Å². The standard InChI is InChI=1S/C15H18F6N2O2/c1-3-9-23(12(24)22-4-2)11-7-5-10(6-8-11)13(16,17)14(18,25)15(19,20)21/h5-8,25H,3-4,9H2,1-2H3,(H,22,24). The molecule has 4 nitrogen and oxygen atoms in total. The van der Waals surface area contributed by atoms with Gasteiger partial charge in [0.05, 0.1) is 0 Å². The number of hydrogen-bond donors (Lipinski definition) is 2. The van der Waals surface area contributed by atoms with Gasteiger partial charge in [0, 0.05) is 24.3 Å². The van der Waals surface area contributed by atoms with Crippen molar-refractivity contribution >= 4 is 11.7 Å². The number of rotatable bonds is 6. The van der Waals surface area contributed by atoms with Crippen LogP contribution in [0.15, 0.2) is 24.3 Å². The van der Waals surface area contributed by atoms with Gasteiger partial charge in [-0.3, -0.25) is 4.90 Å². The minimum absolute atomic E-state index is 0.141. The number of carbonyl (C=O) groups excluding carboxylic acids is 1. The summed E-state index contributed by atoms with van der Waals surface area (Å²) in [6.45, 7) is 3.99. The number of carbonyl (C=O) groups is 1. The molecule has 1 aromatic rings. The van der Waals surface area contributed by atoms with E-state index in [0.717, 1.165) is 12.1 Å². The molecule has 0 aliphatic heterocycles. The van der Waals surface area contributed by atoms with Crippen LogP contribution in [0.4, 0.5) is 36.8 Å². The Kier molecular flexibility index (Phi) is 6.33. The second-order valence-electron chi connectivity index (χ2n) is 5.23. The van der Waals surface area contributed by atoms with Gasteiger partial charge in [-0.05, 0) is 25.5 Å². The van der Waals surface area contributed by atoms with E-state index in [1.54, 1.807) is 13.8 Å². The van der Waals surface area contributed by atoms with Crippen LogP contribution < -0.4 is 10.2 Å². The maximum atomic E-state index is 13.8. The highest BCUT2D eigenvalue weighted by Crippen LogP contribution is 2.49. The number of halogens is 6. The highest BCUT2D eigenvalue weighted by molar-refractivity contribution is 5.91. The van der Waals surface area contributed by atoms with Crippen LogP contribution in [0.25, 0.3) is 0 Å². The smallest absolute Gasteiger partial charge is 0.350 e. The summed E-state index contributed by atoms with van der Waals surface area (Å²) in [5, 5.41) is 11.1. The van der Waals surface area contributed by atoms with Crippen molar-refractivity contribution in [3.05, 3.63) is 29.8 Å². The van der Waals surface area contributed by atoms with E-state index in [0.29, 0.717) is 25.1 Å². The number of benzene rings is 1. The lowest BCUT2D eigenvalue weighted by Gasteiger charge is -2.30. The van der Waals surface area contributed by atoms with E-state index in [-0.39, 0.29) is 12.2 Å². The lowest BCUT2D eigenvalue weighted by molar-refractivity contribution is -0.390. The van der Waals surface area contributed by atoms with Crippen molar-refractivity contribution in [2.45, 2.75) is 38.2 Å². The first kappa shape index (κ1) is 21.1. The molecule has 0 bridgehead atoms. The molecule has 1 atom stereocenters. The zero-order valence-corrected chi connectivity index (χ0v) is 13.5. The predicted molar refractivity (Wildman–Crippen MR) is 79.2 cm³/mol. The Morgan fingerprint density at radius 2 is 1.60 bits per heavy atom. The van der Waals surface area contributed by atoms with Crippen molar-refractivity contribution in [3.63, 3.8) is 0 Å². The molecule has 1 unspecified atom stereocenters. The molecule has 0 fully saturated rings. The van der Waals surface area contributed by atoms with Gasteiger partial charge < -0.3 is 10.4 Å². The van der Waals surface area contributed by atoms with Crippen molar-refractivity contribution in [1.29, 1.82) is 0 Å². The molecule has 0 aliphatic carbocycles. The van der Waals surface area contributed by atoms with Crippen LogP contribution in [0, 0.1) is 0 Å². The molecule has 1 rings (SSSR count). The fourth-order valence-corrected chi connectivity index (χ4v) is 2.04. The van der Waals surface area contributed by atoms with Gasteiger partial charge in [-0.25, -0.2) is 4.79 Å². The van der Waals surface area contributed by atoms with Gasteiger partial charge in [0.2, 0.25) is 0 Å². The lowest BCUT2D eigenvalue weighted by Crippen LogP contribution is -2.53. The van der Waals surface area contributed by atoms with Gasteiger partial charge in [-0.15, -0.1) is 0 Å². The summed E-state index contributed by atoms with van der Waals surface area (Å²) in [6, 6.07) is 2.48. The van der Waals surface area contributed by atoms with Gasteiger partial charge in [0.25, 0.3) is 0 Å². The van der Waals surface area contributed by atoms with Crippen LogP contribution in [0.2, 0.25) is 0 Å². The summed E-state index contributed by atoms with van der Waals surface area (Å²) >= 11 is 0. The van der Waals surface area contributed by atoms with Gasteiger partial charge in [-0.1, -0.05) is 19.1 Å². The summed E-state index contributed by atoms with van der Waals surface area (Å²) < 4.78 is 77.8. The Hall–Kier alpha value is -1.97. The van der Waals surface area contributed by atoms with Gasteiger partial charge >= 0.3 is 24.0 Å². The van der Waals surface area contributed by atoms with E-state index in [9.17, 15) is 31.1 Å². The molecule has 2 N–H and O–H groups in total. The fourth-order valence-electron chi connectivity index (χ4n) is 2.04. The van der Waals surface area contributed by atoms with E-state index in [1.165, 1.54) is 4.90 Å². The van der Waals surface area contributed by atoms with Crippen LogP contribution in [0.5, 0.6) is 0 Å². The number of nitrogens with zero attached hydrogens (tertiary/aromatic N) is 1. The molecule has 0 aliphatic rings. The van der Waals surface area contributed by atoms with Gasteiger partial charge in [0.1, 0.15) is 0 Å². The summed E-state index contributed by atoms with van der Waals surface area (Å²) in [6.07, 6.45) is -5.64. The average Bonchev–Trinajstić information content (AvgIpc) is 2.51. The molecule has 0 heterocycles. The number of nitrogens with one attached hydrogen (secondary N) is 1. The molecular weight excluding hydrogens is 354 g/mol. The third kappa shape index (κ3) is 4.17. The normalized spacial score (nSPS) is 14.8. The molecular formula is C15H18F6N2O2. The van der Waals surface area contributed by atoms with Crippen LogP contribution in [0.1, 0.15) is 25.8 Å². The van der Waals surface area contributed by atoms with Crippen molar-refractivity contribution in [2.75, 3.05) is 18.0 Å². The Morgan fingerprint density at radius 1 is 1.08 bits per heavy atom. The second-order valence-corrected chi connectivity index (χ2v) is 5.23. The molecule has 0 saturated carbocycles. The van der Waals surface area contributed by atoms with Gasteiger partial charge in [-0.2, -0.15) is 26.3 Å². The molecule has 0 spiro atoms. The first-order valence-electron chi connectivity index (χ1n) is 7.41. The molecule has 0 aromatic heterocycles. The zero-order chi connectivity index (χ0) is 19.5. The van der Waals surface area contributed by atoms with E-state index in [4.69, 9.17) is 5.11 Å². The number of amides is 2. The first-order chi connectivity index (χ1) is 11.4. The number of aliphatic hydroxyl groups is 1. The third-order valence-corrected chi connectivity index (χ3v) is 3.35. The molecule has 0 saturated heterocycles. The lowest BCUT2D eigenvalue weighted by atomic mass is 10.00. The minimum Gasteiger partial charge on any atom is -0.350 e. The van der Waals surface area contributed by atoms with E-state index in [1.807, 2.05) is 0 Å². The van der Waals surface area contributed by atoms with Crippen molar-refractivity contribution in [2.24, 2.45) is 0 Å². The second kappa shape index (κ2) is 7.51. The summed E-state index contributed by atoms with van der Waals surface area (Å²) in [4.78, 5) is 13.1. The maximum Gasteiger partial charge on any atom is 0.455 e. The molecule has 2 amide bonds. The van der Waals surface area contributed by atoms with Crippen LogP contribution in [-0.4, -0.2) is 36.3 Å². The SMILES string of the molecule is CCCN(C(=O)NCC)c1ccc(C(F)(F)C(O)(F)C(F)(F)F)cc1. The van der Waals surface area contributed by atoms with Gasteiger partial charge in [0.15, 0.2) is 0 Å². The molecule has 25 heavy (non-hydrogen) atoms. The number of hydrogen-bond acceptors (Lipinski definition) is 2. The highest BCUT2D eigenvalue weighted by Gasteiger charge is 2.71. The topological polar surface area (TPSA) is 52.6 Å². The maximum absolute atomic E-state index is 13.8. The summed E-state index contributed by atoms with van der Waals surface area (Å²) in [7, 11) is 0. The number of alkyl halides is 6. The molecule has 142 valence electrons. The van der Waals surface area contributed by atoms with Crippen molar-refractivity contribution in [1.82, 2.24) is 5.32 Å². The average molecular weight is 372 g/mol. The van der Waals surface area contributed by atoms with Crippen molar-refractivity contribution in [3.8, 4) is 0 Å². The Bertz CT molecular complexity index is 587. The first-order valence-corrected chi connectivity index (χ1v) is 7.41. The number of urea groups is 1. The Morgan fingerprint density at radius 3 is 2.00 bits per heavy atom. The number of anilines is 1. The van der Waals surface area contributed by atoms with Crippen LogP contribution in [0.3, 0.4) is 0 Å². The molecule has 10 heteroatoms. The predicted octanol–water partition coefficient (Wildman–Crippen LogP) is 3.94. The Labute approximate surface area is 140 Å². The molecule has 1 aromatic carbocycles. The monoisotopic (exact) mass is 372 g/mol. The van der Waals surface area contributed by atoms with E-state index < -0.39 is 29.5 Å².